The van der Waals surface area contributed by atoms with Gasteiger partial charge in [-0.15, -0.1) is 0 Å². The zero-order valence-corrected chi connectivity index (χ0v) is 11.7. The van der Waals surface area contributed by atoms with Gasteiger partial charge in [0.05, 0.1) is 0 Å². The number of carbonyl (C=O) groups is 2. The van der Waals surface area contributed by atoms with Crippen molar-refractivity contribution in [2.75, 3.05) is 0 Å². The lowest BCUT2D eigenvalue weighted by atomic mass is 9.74. The maximum atomic E-state index is 11.2. The van der Waals surface area contributed by atoms with E-state index in [1.54, 1.807) is 13.8 Å². The van der Waals surface area contributed by atoms with Gasteiger partial charge in [0, 0.05) is 5.92 Å². The van der Waals surface area contributed by atoms with Crippen molar-refractivity contribution in [2.24, 2.45) is 11.3 Å². The Morgan fingerprint density at radius 3 is 1.89 bits per heavy atom. The van der Waals surface area contributed by atoms with Crippen molar-refractivity contribution in [1.82, 2.24) is 0 Å². The fourth-order valence-corrected chi connectivity index (χ4v) is 1.57. The standard InChI is InChI=1S/C14H22O4/c1-9(2)7-6-8-10(3)11(4)14(5,12(15)16)13(17)18/h7-8,11H,6H2,1-5H3,(H,15,16)(H,17,18). The topological polar surface area (TPSA) is 74.6 Å². The van der Waals surface area contributed by atoms with Crippen molar-refractivity contribution in [3.63, 3.8) is 0 Å². The summed E-state index contributed by atoms with van der Waals surface area (Å²) in [4.78, 5) is 22.3. The molecule has 0 radical (unpaired) electrons. The zero-order chi connectivity index (χ0) is 14.5. The van der Waals surface area contributed by atoms with E-state index in [-0.39, 0.29) is 0 Å². The summed E-state index contributed by atoms with van der Waals surface area (Å²) in [6.45, 7) is 8.61. The van der Waals surface area contributed by atoms with Gasteiger partial charge in [-0.25, -0.2) is 0 Å². The molecule has 0 rings (SSSR count). The smallest absolute Gasteiger partial charge is 0.321 e. The summed E-state index contributed by atoms with van der Waals surface area (Å²) in [6.07, 6.45) is 4.57. The maximum absolute atomic E-state index is 11.2. The van der Waals surface area contributed by atoms with Gasteiger partial charge in [0.1, 0.15) is 0 Å². The molecule has 4 heteroatoms. The predicted octanol–water partition coefficient (Wildman–Crippen LogP) is 3.10. The van der Waals surface area contributed by atoms with Crippen LogP contribution in [0.4, 0.5) is 0 Å². The van der Waals surface area contributed by atoms with Crippen LogP contribution in [-0.2, 0) is 9.59 Å². The minimum Gasteiger partial charge on any atom is -0.480 e. The highest BCUT2D eigenvalue weighted by atomic mass is 16.4. The Kier molecular flexibility index (Phi) is 5.82. The van der Waals surface area contributed by atoms with Gasteiger partial charge >= 0.3 is 11.9 Å². The molecule has 2 N–H and O–H groups in total. The first-order valence-electron chi connectivity index (χ1n) is 5.90. The van der Waals surface area contributed by atoms with Gasteiger partial charge < -0.3 is 10.2 Å². The van der Waals surface area contributed by atoms with Crippen LogP contribution in [0, 0.1) is 11.3 Å². The van der Waals surface area contributed by atoms with Gasteiger partial charge in [0.2, 0.25) is 0 Å². The number of aliphatic carboxylic acids is 2. The van der Waals surface area contributed by atoms with Crippen LogP contribution in [0.1, 0.15) is 41.0 Å². The molecule has 18 heavy (non-hydrogen) atoms. The molecule has 0 heterocycles. The van der Waals surface area contributed by atoms with Gasteiger partial charge in [-0.05, 0) is 34.1 Å². The van der Waals surface area contributed by atoms with Crippen LogP contribution in [0.5, 0.6) is 0 Å². The van der Waals surface area contributed by atoms with Crippen LogP contribution < -0.4 is 0 Å². The Bertz CT molecular complexity index is 373. The molecule has 0 aromatic carbocycles. The molecule has 1 unspecified atom stereocenters. The van der Waals surface area contributed by atoms with E-state index in [4.69, 9.17) is 10.2 Å². The molecule has 0 fully saturated rings. The van der Waals surface area contributed by atoms with Gasteiger partial charge in [-0.3, -0.25) is 9.59 Å². The molecule has 102 valence electrons. The van der Waals surface area contributed by atoms with E-state index in [9.17, 15) is 9.59 Å². The number of carboxylic acid groups (broad SMARTS) is 2. The van der Waals surface area contributed by atoms with Crippen molar-refractivity contribution >= 4 is 11.9 Å². The SMILES string of the molecule is CC(C)=CCC=C(C)C(C)C(C)(C(=O)O)C(=O)O. The average molecular weight is 254 g/mol. The third-order valence-corrected chi connectivity index (χ3v) is 3.40. The molecular weight excluding hydrogens is 232 g/mol. The molecule has 1 atom stereocenters. The summed E-state index contributed by atoms with van der Waals surface area (Å²) in [5.41, 5.74) is 0.164. The third-order valence-electron chi connectivity index (χ3n) is 3.40. The highest BCUT2D eigenvalue weighted by Crippen LogP contribution is 2.33. The van der Waals surface area contributed by atoms with E-state index in [1.165, 1.54) is 12.5 Å². The van der Waals surface area contributed by atoms with E-state index in [0.717, 1.165) is 5.57 Å². The lowest BCUT2D eigenvalue weighted by Gasteiger charge is -2.27. The van der Waals surface area contributed by atoms with Crippen LogP contribution in [-0.4, -0.2) is 22.2 Å². The largest absolute Gasteiger partial charge is 0.480 e. The summed E-state index contributed by atoms with van der Waals surface area (Å²) in [5, 5.41) is 18.2. The van der Waals surface area contributed by atoms with Gasteiger partial charge in [0.15, 0.2) is 5.41 Å². The molecule has 0 aromatic rings. The van der Waals surface area contributed by atoms with E-state index in [0.29, 0.717) is 6.42 Å². The average Bonchev–Trinajstić information content (AvgIpc) is 2.25. The normalized spacial score (nSPS) is 13.9. The monoisotopic (exact) mass is 254 g/mol. The lowest BCUT2D eigenvalue weighted by molar-refractivity contribution is -0.166. The summed E-state index contributed by atoms with van der Waals surface area (Å²) in [6, 6.07) is 0. The summed E-state index contributed by atoms with van der Waals surface area (Å²) in [5.74, 6) is -3.17. The fourth-order valence-electron chi connectivity index (χ4n) is 1.57. The first-order chi connectivity index (χ1) is 8.13. The molecule has 0 saturated carbocycles. The van der Waals surface area contributed by atoms with Crippen LogP contribution in [0.3, 0.4) is 0 Å². The summed E-state index contributed by atoms with van der Waals surface area (Å²) < 4.78 is 0. The fraction of sp³-hybridized carbons (Fsp3) is 0.571. The van der Waals surface area contributed by atoms with E-state index >= 15 is 0 Å². The van der Waals surface area contributed by atoms with Crippen molar-refractivity contribution in [3.8, 4) is 0 Å². The molecule has 0 spiro atoms. The first-order valence-corrected chi connectivity index (χ1v) is 5.90. The predicted molar refractivity (Wildman–Crippen MR) is 70.3 cm³/mol. The highest BCUT2D eigenvalue weighted by molar-refractivity contribution is 5.98. The number of rotatable bonds is 6. The van der Waals surface area contributed by atoms with Crippen LogP contribution >= 0.6 is 0 Å². The Balaban J connectivity index is 5.12. The molecule has 0 amide bonds. The molecule has 0 aromatic heterocycles. The molecular formula is C14H22O4. The van der Waals surface area contributed by atoms with Crippen LogP contribution in [0.25, 0.3) is 0 Å². The van der Waals surface area contributed by atoms with Gasteiger partial charge in [-0.2, -0.15) is 0 Å². The number of allylic oxidation sites excluding steroid dienone is 4. The van der Waals surface area contributed by atoms with Crippen molar-refractivity contribution in [3.05, 3.63) is 23.3 Å². The molecule has 0 saturated heterocycles. The highest BCUT2D eigenvalue weighted by Gasteiger charge is 2.47. The Hall–Kier alpha value is -1.58. The molecule has 0 aliphatic rings. The van der Waals surface area contributed by atoms with E-state index in [2.05, 4.69) is 0 Å². The number of hydrogen-bond acceptors (Lipinski definition) is 2. The quantitative estimate of drug-likeness (QED) is 0.564. The molecule has 0 bridgehead atoms. The maximum Gasteiger partial charge on any atom is 0.321 e. The third kappa shape index (κ3) is 3.72. The second kappa shape index (κ2) is 6.38. The van der Waals surface area contributed by atoms with Crippen LogP contribution in [0.15, 0.2) is 23.3 Å². The number of hydrogen-bond donors (Lipinski definition) is 2. The minimum absolute atomic E-state index is 0.557. The van der Waals surface area contributed by atoms with Gasteiger partial charge in [0.25, 0.3) is 0 Å². The Labute approximate surface area is 108 Å². The summed E-state index contributed by atoms with van der Waals surface area (Å²) >= 11 is 0. The molecule has 0 aliphatic carbocycles. The first kappa shape index (κ1) is 16.4. The lowest BCUT2D eigenvalue weighted by Crippen LogP contribution is -2.42. The summed E-state index contributed by atoms with van der Waals surface area (Å²) in [7, 11) is 0. The van der Waals surface area contributed by atoms with Crippen molar-refractivity contribution < 1.29 is 19.8 Å². The second-order valence-electron chi connectivity index (χ2n) is 5.00. The molecule has 0 aliphatic heterocycles. The minimum atomic E-state index is -1.79. The van der Waals surface area contributed by atoms with E-state index in [1.807, 2.05) is 26.0 Å². The second-order valence-corrected chi connectivity index (χ2v) is 5.00. The van der Waals surface area contributed by atoms with Crippen LogP contribution in [0.2, 0.25) is 0 Å². The number of carboxylic acids is 2. The van der Waals surface area contributed by atoms with E-state index < -0.39 is 23.3 Å². The Morgan fingerprint density at radius 2 is 1.56 bits per heavy atom. The molecule has 4 nitrogen and oxygen atoms in total. The zero-order valence-electron chi connectivity index (χ0n) is 11.7. The van der Waals surface area contributed by atoms with Crippen molar-refractivity contribution in [1.29, 1.82) is 0 Å². The van der Waals surface area contributed by atoms with Crippen molar-refractivity contribution in [2.45, 2.75) is 41.0 Å². The van der Waals surface area contributed by atoms with Gasteiger partial charge in [-0.1, -0.05) is 30.2 Å². The Morgan fingerprint density at radius 1 is 1.11 bits per heavy atom.